The van der Waals surface area contributed by atoms with Crippen molar-refractivity contribution in [3.63, 3.8) is 0 Å². The maximum atomic E-state index is 11.0. The fraction of sp³-hybridized carbons (Fsp3) is 0.688. The van der Waals surface area contributed by atoms with Crippen LogP contribution in [0.4, 0.5) is 0 Å². The van der Waals surface area contributed by atoms with Crippen LogP contribution in [-0.2, 0) is 6.54 Å². The Balaban J connectivity index is 1.98. The molecule has 20 heavy (non-hydrogen) atoms. The maximum Gasteiger partial charge on any atom is 0.345 e. The fourth-order valence-corrected chi connectivity index (χ4v) is 4.13. The van der Waals surface area contributed by atoms with E-state index in [1.54, 1.807) is 0 Å². The van der Waals surface area contributed by atoms with Crippen LogP contribution in [0, 0.1) is 18.8 Å². The third kappa shape index (κ3) is 3.61. The van der Waals surface area contributed by atoms with E-state index >= 15 is 0 Å². The number of aromatic carboxylic acids is 1. The highest BCUT2D eigenvalue weighted by Crippen LogP contribution is 2.31. The molecule has 2 N–H and O–H groups in total. The number of hydrogen-bond donors (Lipinski definition) is 2. The first-order valence-corrected chi connectivity index (χ1v) is 8.36. The second-order valence-electron chi connectivity index (χ2n) is 6.18. The van der Waals surface area contributed by atoms with Crippen LogP contribution in [-0.4, -0.2) is 17.1 Å². The molecule has 0 aromatic carbocycles. The predicted octanol–water partition coefficient (Wildman–Crippen LogP) is 4.06. The quantitative estimate of drug-likeness (QED) is 0.861. The molecule has 1 aliphatic carbocycles. The van der Waals surface area contributed by atoms with Crippen molar-refractivity contribution in [3.05, 3.63) is 21.4 Å². The number of rotatable bonds is 5. The van der Waals surface area contributed by atoms with Gasteiger partial charge in [-0.15, -0.1) is 11.3 Å². The van der Waals surface area contributed by atoms with Gasteiger partial charge in [-0.3, -0.25) is 0 Å². The molecule has 1 heterocycles. The van der Waals surface area contributed by atoms with E-state index in [9.17, 15) is 4.79 Å². The Kier molecular flexibility index (Phi) is 5.22. The summed E-state index contributed by atoms with van der Waals surface area (Å²) in [5.41, 5.74) is 1.14. The van der Waals surface area contributed by atoms with E-state index < -0.39 is 5.97 Å². The summed E-state index contributed by atoms with van der Waals surface area (Å²) in [5.74, 6) is 0.648. The van der Waals surface area contributed by atoms with Crippen LogP contribution < -0.4 is 5.32 Å². The van der Waals surface area contributed by atoms with Crippen LogP contribution in [0.5, 0.6) is 0 Å². The molecular weight excluding hydrogens is 270 g/mol. The largest absolute Gasteiger partial charge is 0.477 e. The number of carboxylic acid groups (broad SMARTS) is 1. The van der Waals surface area contributed by atoms with Crippen molar-refractivity contribution in [1.29, 1.82) is 0 Å². The molecule has 1 aromatic heterocycles. The first-order chi connectivity index (χ1) is 9.49. The number of carbonyl (C=O) groups is 1. The van der Waals surface area contributed by atoms with E-state index in [1.165, 1.54) is 37.0 Å². The topological polar surface area (TPSA) is 49.3 Å². The van der Waals surface area contributed by atoms with Crippen molar-refractivity contribution in [1.82, 2.24) is 5.32 Å². The highest BCUT2D eigenvalue weighted by atomic mass is 32.1. The smallest absolute Gasteiger partial charge is 0.345 e. The Morgan fingerprint density at radius 2 is 2.15 bits per heavy atom. The zero-order valence-electron chi connectivity index (χ0n) is 12.6. The molecule has 0 radical (unpaired) electrons. The standard InChI is InChI=1S/C16H25NO2S/c1-10(2)13-6-4-5-7-14(13)17-9-12-8-15(16(18)19)20-11(12)3/h8,10,13-14,17H,4-7,9H2,1-3H3,(H,18,19). The third-order valence-electron chi connectivity index (χ3n) is 4.46. The highest BCUT2D eigenvalue weighted by molar-refractivity contribution is 7.14. The Hall–Kier alpha value is -0.870. The van der Waals surface area contributed by atoms with Gasteiger partial charge in [0.05, 0.1) is 0 Å². The number of aryl methyl sites for hydroxylation is 1. The molecule has 0 amide bonds. The summed E-state index contributed by atoms with van der Waals surface area (Å²) in [6, 6.07) is 2.40. The molecule has 2 unspecified atom stereocenters. The minimum Gasteiger partial charge on any atom is -0.477 e. The monoisotopic (exact) mass is 295 g/mol. The summed E-state index contributed by atoms with van der Waals surface area (Å²) in [4.78, 5) is 12.6. The number of hydrogen-bond acceptors (Lipinski definition) is 3. The van der Waals surface area contributed by atoms with Gasteiger partial charge in [0.1, 0.15) is 4.88 Å². The van der Waals surface area contributed by atoms with Gasteiger partial charge in [-0.25, -0.2) is 4.79 Å². The van der Waals surface area contributed by atoms with Crippen LogP contribution in [0.3, 0.4) is 0 Å². The lowest BCUT2D eigenvalue weighted by Gasteiger charge is -2.35. The maximum absolute atomic E-state index is 11.0. The SMILES string of the molecule is Cc1sc(C(=O)O)cc1CNC1CCCCC1C(C)C. The molecule has 0 saturated heterocycles. The van der Waals surface area contributed by atoms with Gasteiger partial charge in [-0.2, -0.15) is 0 Å². The van der Waals surface area contributed by atoms with Gasteiger partial charge in [-0.1, -0.05) is 26.7 Å². The molecule has 112 valence electrons. The minimum absolute atomic E-state index is 0.448. The van der Waals surface area contributed by atoms with Gasteiger partial charge in [-0.05, 0) is 43.2 Å². The van der Waals surface area contributed by atoms with Crippen molar-refractivity contribution < 1.29 is 9.90 Å². The summed E-state index contributed by atoms with van der Waals surface area (Å²) in [6.07, 6.45) is 5.22. The summed E-state index contributed by atoms with van der Waals surface area (Å²) in [7, 11) is 0. The molecule has 2 atom stereocenters. The zero-order chi connectivity index (χ0) is 14.7. The van der Waals surface area contributed by atoms with Crippen LogP contribution >= 0.6 is 11.3 Å². The van der Waals surface area contributed by atoms with Gasteiger partial charge in [0.15, 0.2) is 0 Å². The van der Waals surface area contributed by atoms with E-state index in [1.807, 2.05) is 13.0 Å². The Morgan fingerprint density at radius 1 is 1.45 bits per heavy atom. The van der Waals surface area contributed by atoms with Crippen molar-refractivity contribution in [3.8, 4) is 0 Å². The first kappa shape index (κ1) is 15.5. The molecule has 1 fully saturated rings. The van der Waals surface area contributed by atoms with Crippen molar-refractivity contribution >= 4 is 17.3 Å². The van der Waals surface area contributed by atoms with Crippen molar-refractivity contribution in [2.45, 2.75) is 59.0 Å². The summed E-state index contributed by atoms with van der Waals surface area (Å²) in [5, 5.41) is 12.7. The van der Waals surface area contributed by atoms with E-state index in [-0.39, 0.29) is 0 Å². The lowest BCUT2D eigenvalue weighted by atomic mass is 9.78. The predicted molar refractivity (Wildman–Crippen MR) is 83.4 cm³/mol. The number of carboxylic acids is 1. The van der Waals surface area contributed by atoms with Crippen molar-refractivity contribution in [2.75, 3.05) is 0 Å². The van der Waals surface area contributed by atoms with Crippen LogP contribution in [0.2, 0.25) is 0 Å². The Bertz CT molecular complexity index is 467. The van der Waals surface area contributed by atoms with E-state index in [4.69, 9.17) is 5.11 Å². The summed E-state index contributed by atoms with van der Waals surface area (Å²) in [6.45, 7) is 7.42. The van der Waals surface area contributed by atoms with Gasteiger partial charge < -0.3 is 10.4 Å². The van der Waals surface area contributed by atoms with Crippen LogP contribution in [0.15, 0.2) is 6.07 Å². The lowest BCUT2D eigenvalue weighted by molar-refractivity contribution is 0.0702. The molecule has 1 aliphatic rings. The first-order valence-electron chi connectivity index (χ1n) is 7.55. The molecule has 0 spiro atoms. The molecule has 0 bridgehead atoms. The highest BCUT2D eigenvalue weighted by Gasteiger charge is 2.27. The van der Waals surface area contributed by atoms with Crippen molar-refractivity contribution in [2.24, 2.45) is 11.8 Å². The minimum atomic E-state index is -0.818. The molecule has 2 rings (SSSR count). The van der Waals surface area contributed by atoms with Crippen LogP contribution in [0.1, 0.15) is 59.6 Å². The fourth-order valence-electron chi connectivity index (χ4n) is 3.25. The van der Waals surface area contributed by atoms with Gasteiger partial charge in [0.2, 0.25) is 0 Å². The number of nitrogens with one attached hydrogen (secondary N) is 1. The average Bonchev–Trinajstić information content (AvgIpc) is 2.78. The summed E-state index contributed by atoms with van der Waals surface area (Å²) >= 11 is 1.38. The second-order valence-corrected chi connectivity index (χ2v) is 7.43. The summed E-state index contributed by atoms with van der Waals surface area (Å²) < 4.78 is 0. The molecule has 4 heteroatoms. The average molecular weight is 295 g/mol. The van der Waals surface area contributed by atoms with Gasteiger partial charge in [0, 0.05) is 17.5 Å². The molecule has 1 saturated carbocycles. The van der Waals surface area contributed by atoms with Gasteiger partial charge in [0.25, 0.3) is 0 Å². The van der Waals surface area contributed by atoms with E-state index in [0.717, 1.165) is 22.9 Å². The Labute approximate surface area is 125 Å². The molecule has 0 aliphatic heterocycles. The molecule has 3 nitrogen and oxygen atoms in total. The third-order valence-corrected chi connectivity index (χ3v) is 5.54. The Morgan fingerprint density at radius 3 is 2.75 bits per heavy atom. The normalized spacial score (nSPS) is 23.2. The second kappa shape index (κ2) is 6.72. The van der Waals surface area contributed by atoms with Gasteiger partial charge >= 0.3 is 5.97 Å². The number of thiophene rings is 1. The van der Waals surface area contributed by atoms with E-state index in [2.05, 4.69) is 19.2 Å². The van der Waals surface area contributed by atoms with Crippen LogP contribution in [0.25, 0.3) is 0 Å². The molecule has 1 aromatic rings. The zero-order valence-corrected chi connectivity index (χ0v) is 13.4. The lowest BCUT2D eigenvalue weighted by Crippen LogP contribution is -2.40. The molecular formula is C16H25NO2S. The van der Waals surface area contributed by atoms with E-state index in [0.29, 0.717) is 16.8 Å².